The number of rotatable bonds is 5. The second kappa shape index (κ2) is 11.0. The average Bonchev–Trinajstić information content (AvgIpc) is 3.41. The van der Waals surface area contributed by atoms with E-state index in [1.165, 1.54) is 50.1 Å². The molecule has 1 saturated heterocycles. The van der Waals surface area contributed by atoms with Crippen molar-refractivity contribution in [3.05, 3.63) is 66.2 Å². The monoisotopic (exact) mass is 561 g/mol. The molecular weight excluding hydrogens is 522 g/mol. The topological polar surface area (TPSA) is 101 Å². The van der Waals surface area contributed by atoms with Gasteiger partial charge in [0.2, 0.25) is 5.95 Å². The van der Waals surface area contributed by atoms with E-state index >= 15 is 0 Å². The van der Waals surface area contributed by atoms with E-state index in [0.717, 1.165) is 51.6 Å². The summed E-state index contributed by atoms with van der Waals surface area (Å²) in [5, 5.41) is 5.38. The van der Waals surface area contributed by atoms with E-state index in [1.54, 1.807) is 6.33 Å². The average molecular weight is 562 g/mol. The molecule has 1 aliphatic heterocycles. The summed E-state index contributed by atoms with van der Waals surface area (Å²) in [6.45, 7) is 8.93. The quantitative estimate of drug-likeness (QED) is 0.281. The number of aryl methyl sites for hydroxylation is 2. The Kier molecular flexibility index (Phi) is 6.99. The number of fused-ring (bicyclic) bond motifs is 2. The van der Waals surface area contributed by atoms with Crippen molar-refractivity contribution in [2.75, 3.05) is 44.3 Å². The van der Waals surface area contributed by atoms with Crippen molar-refractivity contribution in [2.24, 2.45) is 0 Å². The van der Waals surface area contributed by atoms with Gasteiger partial charge in [0.25, 0.3) is 0 Å². The maximum atomic E-state index is 6.46. The van der Waals surface area contributed by atoms with Gasteiger partial charge in [-0.15, -0.1) is 0 Å². The first-order valence-electron chi connectivity index (χ1n) is 15.1. The number of piperazine rings is 1. The van der Waals surface area contributed by atoms with Gasteiger partial charge in [-0.1, -0.05) is 18.2 Å². The molecule has 0 unspecified atom stereocenters. The summed E-state index contributed by atoms with van der Waals surface area (Å²) in [7, 11) is 2.22. The summed E-state index contributed by atoms with van der Waals surface area (Å²) in [6, 6.07) is 13.6. The molecule has 7 rings (SSSR count). The van der Waals surface area contributed by atoms with Crippen LogP contribution in [0.3, 0.4) is 0 Å². The van der Waals surface area contributed by atoms with E-state index in [-0.39, 0.29) is 0 Å². The van der Waals surface area contributed by atoms with Gasteiger partial charge in [0.1, 0.15) is 17.8 Å². The van der Waals surface area contributed by atoms with Gasteiger partial charge in [-0.25, -0.2) is 19.9 Å². The van der Waals surface area contributed by atoms with Crippen LogP contribution in [-0.2, 0) is 0 Å². The molecule has 2 fully saturated rings. The van der Waals surface area contributed by atoms with Crippen LogP contribution in [0.4, 0.5) is 17.5 Å². The molecule has 4 heterocycles. The standard InChI is InChI=1S/C33H39N9/c1-21-4-13-29-27(22(21)2)18-35-33(39-29)38-24-7-5-23(6-8-24)28-19-42(32-30(28)31(34)36-20-37-32)26-11-9-25(10-12-26)41-16-14-40(3)15-17-41/h4-8,13,18-20,25-26H,9-12,14-17H2,1-3H3,(H2,34,36,37)(H,35,38,39). The molecule has 3 aromatic heterocycles. The van der Waals surface area contributed by atoms with Crippen LogP contribution in [0.2, 0.25) is 0 Å². The van der Waals surface area contributed by atoms with Gasteiger partial charge in [-0.05, 0) is 81.5 Å². The number of likely N-dealkylation sites (N-methyl/N-ethyl adjacent to an activating group) is 1. The molecule has 42 heavy (non-hydrogen) atoms. The van der Waals surface area contributed by atoms with Crippen LogP contribution >= 0.6 is 0 Å². The highest BCUT2D eigenvalue weighted by Gasteiger charge is 2.30. The lowest BCUT2D eigenvalue weighted by Crippen LogP contribution is -2.49. The van der Waals surface area contributed by atoms with Crippen LogP contribution in [0, 0.1) is 13.8 Å². The molecule has 2 aliphatic rings. The SMILES string of the molecule is Cc1ccc2nc(Nc3ccc(-c4cn(C5CCC(N6CCN(C)CC6)CC5)c5ncnc(N)c45)cc3)ncc2c1C. The van der Waals surface area contributed by atoms with Crippen molar-refractivity contribution in [1.29, 1.82) is 0 Å². The predicted molar refractivity (Wildman–Crippen MR) is 170 cm³/mol. The van der Waals surface area contributed by atoms with Crippen LogP contribution in [0.5, 0.6) is 0 Å². The number of benzene rings is 2. The second-order valence-electron chi connectivity index (χ2n) is 12.0. The zero-order valence-electron chi connectivity index (χ0n) is 24.7. The molecule has 0 spiro atoms. The summed E-state index contributed by atoms with van der Waals surface area (Å²) < 4.78 is 2.36. The number of nitrogens with zero attached hydrogens (tertiary/aromatic N) is 7. The minimum absolute atomic E-state index is 0.415. The number of anilines is 3. The lowest BCUT2D eigenvalue weighted by atomic mass is 9.89. The number of nitrogens with two attached hydrogens (primary N) is 1. The zero-order valence-corrected chi connectivity index (χ0v) is 24.7. The van der Waals surface area contributed by atoms with Crippen molar-refractivity contribution < 1.29 is 0 Å². The van der Waals surface area contributed by atoms with Crippen LogP contribution in [0.25, 0.3) is 33.1 Å². The molecule has 9 nitrogen and oxygen atoms in total. The van der Waals surface area contributed by atoms with E-state index in [2.05, 4.69) is 93.1 Å². The van der Waals surface area contributed by atoms with Crippen LogP contribution < -0.4 is 11.1 Å². The highest BCUT2D eigenvalue weighted by atomic mass is 15.3. The van der Waals surface area contributed by atoms with Crippen LogP contribution in [-0.4, -0.2) is 73.6 Å². The molecule has 0 bridgehead atoms. The molecule has 1 saturated carbocycles. The molecule has 2 aromatic carbocycles. The van der Waals surface area contributed by atoms with Gasteiger partial charge in [0.15, 0.2) is 0 Å². The summed E-state index contributed by atoms with van der Waals surface area (Å²) in [6.07, 6.45) is 10.5. The van der Waals surface area contributed by atoms with Crippen molar-refractivity contribution in [1.82, 2.24) is 34.3 Å². The Bertz CT molecular complexity index is 1730. The van der Waals surface area contributed by atoms with Crippen molar-refractivity contribution in [3.8, 4) is 11.1 Å². The molecule has 0 amide bonds. The third-order valence-electron chi connectivity index (χ3n) is 9.51. The zero-order chi connectivity index (χ0) is 28.8. The van der Waals surface area contributed by atoms with E-state index in [1.807, 2.05) is 6.20 Å². The molecule has 9 heteroatoms. The lowest BCUT2D eigenvalue weighted by molar-refractivity contribution is 0.0828. The Morgan fingerprint density at radius 2 is 1.60 bits per heavy atom. The number of hydrogen-bond acceptors (Lipinski definition) is 8. The number of nitrogen functional groups attached to an aromatic ring is 1. The fourth-order valence-electron chi connectivity index (χ4n) is 6.77. The third kappa shape index (κ3) is 4.97. The molecule has 216 valence electrons. The minimum atomic E-state index is 0.415. The molecule has 3 N–H and O–H groups in total. The van der Waals surface area contributed by atoms with Crippen molar-refractivity contribution in [2.45, 2.75) is 51.6 Å². The van der Waals surface area contributed by atoms with E-state index in [4.69, 9.17) is 15.7 Å². The molecule has 0 atom stereocenters. The molecule has 0 radical (unpaired) electrons. The molecular formula is C33H39N9. The normalized spacial score (nSPS) is 20.4. The Morgan fingerprint density at radius 1 is 0.857 bits per heavy atom. The number of nitrogens with one attached hydrogen (secondary N) is 1. The summed E-state index contributed by atoms with van der Waals surface area (Å²) in [5.41, 5.74) is 13.9. The van der Waals surface area contributed by atoms with Gasteiger partial charge in [-0.3, -0.25) is 4.90 Å². The van der Waals surface area contributed by atoms with Gasteiger partial charge < -0.3 is 20.5 Å². The Hall–Kier alpha value is -4.08. The van der Waals surface area contributed by atoms with Gasteiger partial charge >= 0.3 is 0 Å². The predicted octanol–water partition coefficient (Wildman–Crippen LogP) is 5.72. The number of aromatic nitrogens is 5. The van der Waals surface area contributed by atoms with Gasteiger partial charge in [0.05, 0.1) is 10.9 Å². The highest BCUT2D eigenvalue weighted by molar-refractivity contribution is 6.00. The van der Waals surface area contributed by atoms with Crippen molar-refractivity contribution in [3.63, 3.8) is 0 Å². The Labute approximate surface area is 246 Å². The maximum Gasteiger partial charge on any atom is 0.227 e. The van der Waals surface area contributed by atoms with Gasteiger partial charge in [0, 0.05) is 67.3 Å². The lowest BCUT2D eigenvalue weighted by Gasteiger charge is -2.41. The van der Waals surface area contributed by atoms with Crippen LogP contribution in [0.15, 0.2) is 55.1 Å². The fourth-order valence-corrected chi connectivity index (χ4v) is 6.77. The largest absolute Gasteiger partial charge is 0.383 e. The summed E-state index contributed by atoms with van der Waals surface area (Å²) >= 11 is 0. The second-order valence-corrected chi connectivity index (χ2v) is 12.0. The van der Waals surface area contributed by atoms with Gasteiger partial charge in [-0.2, -0.15) is 0 Å². The van der Waals surface area contributed by atoms with E-state index < -0.39 is 0 Å². The highest BCUT2D eigenvalue weighted by Crippen LogP contribution is 2.39. The Morgan fingerprint density at radius 3 is 2.36 bits per heavy atom. The first kappa shape index (κ1) is 26.8. The first-order chi connectivity index (χ1) is 20.4. The van der Waals surface area contributed by atoms with Crippen molar-refractivity contribution >= 4 is 39.4 Å². The van der Waals surface area contributed by atoms with E-state index in [9.17, 15) is 0 Å². The summed E-state index contributed by atoms with van der Waals surface area (Å²) in [5.74, 6) is 1.11. The molecule has 5 aromatic rings. The molecule has 1 aliphatic carbocycles. The Balaban J connectivity index is 1.12. The summed E-state index contributed by atoms with van der Waals surface area (Å²) in [4.78, 5) is 23.5. The first-order valence-corrected chi connectivity index (χ1v) is 15.1. The number of hydrogen-bond donors (Lipinski definition) is 2. The fraction of sp³-hybridized carbons (Fsp3) is 0.394. The minimum Gasteiger partial charge on any atom is -0.383 e. The van der Waals surface area contributed by atoms with Crippen LogP contribution in [0.1, 0.15) is 42.9 Å². The smallest absolute Gasteiger partial charge is 0.227 e. The van der Waals surface area contributed by atoms with E-state index in [0.29, 0.717) is 23.8 Å². The third-order valence-corrected chi connectivity index (χ3v) is 9.51. The maximum absolute atomic E-state index is 6.46.